The summed E-state index contributed by atoms with van der Waals surface area (Å²) in [5, 5.41) is 9.93. The van der Waals surface area contributed by atoms with E-state index in [4.69, 9.17) is 4.74 Å². The number of likely N-dealkylation sites (N-methyl/N-ethyl adjacent to an activating group) is 1. The topological polar surface area (TPSA) is 90.4 Å². The van der Waals surface area contributed by atoms with Crippen LogP contribution in [0.2, 0.25) is 0 Å². The third-order valence-corrected chi connectivity index (χ3v) is 8.25. The Labute approximate surface area is 195 Å². The maximum absolute atomic E-state index is 13.5. The van der Waals surface area contributed by atoms with Crippen molar-refractivity contribution in [2.75, 3.05) is 40.8 Å². The molecule has 1 N–H and O–H groups in total. The lowest BCUT2D eigenvalue weighted by molar-refractivity contribution is -0.139. The summed E-state index contributed by atoms with van der Waals surface area (Å²) in [5.41, 5.74) is 1.73. The number of ether oxygens (including phenoxy) is 1. The molecule has 0 aliphatic carbocycles. The lowest BCUT2D eigenvalue weighted by Gasteiger charge is -2.33. The number of hydrogen-bond acceptors (Lipinski definition) is 6. The van der Waals surface area contributed by atoms with Crippen molar-refractivity contribution in [2.24, 2.45) is 0 Å². The number of amides is 1. The van der Waals surface area contributed by atoms with E-state index < -0.39 is 16.1 Å². The van der Waals surface area contributed by atoms with E-state index in [1.165, 1.54) is 24.5 Å². The third-order valence-electron chi connectivity index (χ3n) is 6.44. The van der Waals surface area contributed by atoms with Gasteiger partial charge in [-0.25, -0.2) is 12.7 Å². The molecule has 0 aromatic heterocycles. The van der Waals surface area contributed by atoms with Gasteiger partial charge in [0.1, 0.15) is 5.75 Å². The normalized spacial score (nSPS) is 21.6. The minimum Gasteiger partial charge on any atom is -0.480 e. The number of carbonyl (C=O) groups excluding carboxylic acids is 1. The van der Waals surface area contributed by atoms with Gasteiger partial charge in [-0.1, -0.05) is 30.3 Å². The molecule has 0 saturated carbocycles. The Hall–Kier alpha value is -2.46. The molecule has 0 radical (unpaired) electrons. The minimum absolute atomic E-state index is 0.156. The first kappa shape index (κ1) is 23.7. The van der Waals surface area contributed by atoms with E-state index in [1.807, 2.05) is 30.3 Å². The molecule has 2 aromatic carbocycles. The van der Waals surface area contributed by atoms with Gasteiger partial charge in [-0.3, -0.25) is 9.69 Å². The van der Waals surface area contributed by atoms with Crippen molar-refractivity contribution >= 4 is 15.9 Å². The molecule has 2 aliphatic rings. The SMILES string of the molecule is CN(C(=O)C1Cc2cc(S(=O)(=O)N(C)C)ccc2O1)C(CN1CCC(O)C1)c1ccccc1. The number of likely N-dealkylation sites (tertiary alicyclic amines) is 1. The van der Waals surface area contributed by atoms with Crippen LogP contribution in [0.5, 0.6) is 5.75 Å². The van der Waals surface area contributed by atoms with E-state index in [1.54, 1.807) is 24.1 Å². The number of carbonyl (C=O) groups is 1. The molecule has 2 heterocycles. The second kappa shape index (κ2) is 9.42. The van der Waals surface area contributed by atoms with Crippen LogP contribution in [-0.4, -0.2) is 86.5 Å². The van der Waals surface area contributed by atoms with Crippen molar-refractivity contribution in [2.45, 2.75) is 36.0 Å². The van der Waals surface area contributed by atoms with Crippen molar-refractivity contribution in [1.82, 2.24) is 14.1 Å². The van der Waals surface area contributed by atoms with Crippen LogP contribution in [-0.2, 0) is 21.2 Å². The average Bonchev–Trinajstić information content (AvgIpc) is 3.42. The van der Waals surface area contributed by atoms with Crippen molar-refractivity contribution in [3.8, 4) is 5.75 Å². The molecule has 3 atom stereocenters. The standard InChI is InChI=1S/C24H31N3O5S/c1-25(2)33(30,31)20-9-10-22-18(13-20)14-23(32-22)24(29)26(3)21(17-7-5-4-6-8-17)16-27-12-11-19(28)15-27/h4-10,13,19,21,23,28H,11-12,14-16H2,1-3H3. The monoisotopic (exact) mass is 473 g/mol. The van der Waals surface area contributed by atoms with Gasteiger partial charge >= 0.3 is 0 Å². The summed E-state index contributed by atoms with van der Waals surface area (Å²) in [5.74, 6) is 0.384. The molecule has 2 aliphatic heterocycles. The van der Waals surface area contributed by atoms with E-state index in [9.17, 15) is 18.3 Å². The van der Waals surface area contributed by atoms with E-state index >= 15 is 0 Å². The largest absolute Gasteiger partial charge is 0.480 e. The highest BCUT2D eigenvalue weighted by atomic mass is 32.2. The van der Waals surface area contributed by atoms with Crippen LogP contribution >= 0.6 is 0 Å². The third kappa shape index (κ3) is 4.91. The van der Waals surface area contributed by atoms with E-state index in [2.05, 4.69) is 4.90 Å². The Morgan fingerprint density at radius 3 is 2.55 bits per heavy atom. The maximum Gasteiger partial charge on any atom is 0.264 e. The Morgan fingerprint density at radius 2 is 1.91 bits per heavy atom. The zero-order valence-corrected chi connectivity index (χ0v) is 20.0. The Bertz CT molecular complexity index is 1110. The molecule has 4 rings (SSSR count). The van der Waals surface area contributed by atoms with Crippen molar-refractivity contribution in [3.05, 3.63) is 59.7 Å². The molecule has 9 heteroatoms. The molecule has 8 nitrogen and oxygen atoms in total. The summed E-state index contributed by atoms with van der Waals surface area (Å²) in [6, 6.07) is 14.4. The van der Waals surface area contributed by atoms with Gasteiger partial charge in [-0.05, 0) is 35.7 Å². The van der Waals surface area contributed by atoms with Crippen LogP contribution in [0.4, 0.5) is 0 Å². The molecule has 1 amide bonds. The van der Waals surface area contributed by atoms with E-state index in [0.29, 0.717) is 30.8 Å². The summed E-state index contributed by atoms with van der Waals surface area (Å²) in [6.45, 7) is 2.01. The Morgan fingerprint density at radius 1 is 1.18 bits per heavy atom. The molecule has 2 aromatic rings. The summed E-state index contributed by atoms with van der Waals surface area (Å²) in [4.78, 5) is 17.5. The fourth-order valence-electron chi connectivity index (χ4n) is 4.46. The van der Waals surface area contributed by atoms with Crippen LogP contribution < -0.4 is 4.74 Å². The fourth-order valence-corrected chi connectivity index (χ4v) is 5.42. The number of rotatable bonds is 7. The number of hydrogen-bond donors (Lipinski definition) is 1. The van der Waals surface area contributed by atoms with Crippen LogP contribution in [0, 0.1) is 0 Å². The summed E-state index contributed by atoms with van der Waals surface area (Å²) in [6.07, 6.45) is 0.0119. The maximum atomic E-state index is 13.5. The zero-order valence-electron chi connectivity index (χ0n) is 19.2. The number of aliphatic hydroxyl groups excluding tert-OH is 1. The molecule has 1 saturated heterocycles. The number of aliphatic hydroxyl groups is 1. The predicted molar refractivity (Wildman–Crippen MR) is 124 cm³/mol. The fraction of sp³-hybridized carbons (Fsp3) is 0.458. The van der Waals surface area contributed by atoms with Crippen molar-refractivity contribution < 1.29 is 23.1 Å². The summed E-state index contributed by atoms with van der Waals surface area (Å²) >= 11 is 0. The Kier molecular flexibility index (Phi) is 6.76. The first-order valence-electron chi connectivity index (χ1n) is 11.1. The van der Waals surface area contributed by atoms with Gasteiger partial charge in [0.2, 0.25) is 10.0 Å². The quantitative estimate of drug-likeness (QED) is 0.656. The Balaban J connectivity index is 1.52. The number of sulfonamides is 1. The molecular formula is C24H31N3O5S. The number of β-amino-alcohol motifs (C(OH)–C–C–N with tert-alkyl or cyclic N) is 1. The summed E-state index contributed by atoms with van der Waals surface area (Å²) in [7, 11) is 1.19. The summed E-state index contributed by atoms with van der Waals surface area (Å²) < 4.78 is 32.1. The second-order valence-corrected chi connectivity index (χ2v) is 11.1. The number of benzene rings is 2. The van der Waals surface area contributed by atoms with E-state index in [-0.39, 0.29) is 22.9 Å². The molecule has 0 spiro atoms. The van der Waals surface area contributed by atoms with Crippen LogP contribution in [0.25, 0.3) is 0 Å². The lowest BCUT2D eigenvalue weighted by Crippen LogP contribution is -2.44. The predicted octanol–water partition coefficient (Wildman–Crippen LogP) is 1.51. The number of nitrogens with zero attached hydrogens (tertiary/aromatic N) is 3. The zero-order chi connectivity index (χ0) is 23.8. The first-order chi connectivity index (χ1) is 15.7. The highest BCUT2D eigenvalue weighted by molar-refractivity contribution is 7.89. The number of fused-ring (bicyclic) bond motifs is 1. The van der Waals surface area contributed by atoms with Crippen LogP contribution in [0.15, 0.2) is 53.4 Å². The molecule has 3 unspecified atom stereocenters. The van der Waals surface area contributed by atoms with Gasteiger partial charge in [0, 0.05) is 47.2 Å². The van der Waals surface area contributed by atoms with E-state index in [0.717, 1.165) is 18.5 Å². The van der Waals surface area contributed by atoms with Gasteiger partial charge in [-0.2, -0.15) is 0 Å². The molecule has 33 heavy (non-hydrogen) atoms. The molecular weight excluding hydrogens is 442 g/mol. The highest BCUT2D eigenvalue weighted by Crippen LogP contribution is 2.33. The van der Waals surface area contributed by atoms with Gasteiger partial charge < -0.3 is 14.7 Å². The first-order valence-corrected chi connectivity index (χ1v) is 12.5. The van der Waals surface area contributed by atoms with Gasteiger partial charge in [0.25, 0.3) is 5.91 Å². The van der Waals surface area contributed by atoms with Gasteiger partial charge in [0.05, 0.1) is 17.0 Å². The average molecular weight is 474 g/mol. The minimum atomic E-state index is -3.56. The lowest BCUT2D eigenvalue weighted by atomic mass is 10.0. The van der Waals surface area contributed by atoms with Crippen molar-refractivity contribution in [3.63, 3.8) is 0 Å². The second-order valence-electron chi connectivity index (χ2n) is 8.95. The van der Waals surface area contributed by atoms with Crippen molar-refractivity contribution in [1.29, 1.82) is 0 Å². The molecule has 0 bridgehead atoms. The van der Waals surface area contributed by atoms with Gasteiger partial charge in [0.15, 0.2) is 6.10 Å². The van der Waals surface area contributed by atoms with Crippen LogP contribution in [0.1, 0.15) is 23.6 Å². The molecule has 1 fully saturated rings. The van der Waals surface area contributed by atoms with Gasteiger partial charge in [-0.15, -0.1) is 0 Å². The smallest absolute Gasteiger partial charge is 0.264 e. The molecule has 178 valence electrons. The highest BCUT2D eigenvalue weighted by Gasteiger charge is 2.36. The van der Waals surface area contributed by atoms with Crippen LogP contribution in [0.3, 0.4) is 0 Å².